The van der Waals surface area contributed by atoms with Gasteiger partial charge in [0.05, 0.1) is 0 Å². The van der Waals surface area contributed by atoms with E-state index in [4.69, 9.17) is 15.2 Å². The lowest BCUT2D eigenvalue weighted by atomic mass is 9.99. The first kappa shape index (κ1) is 17.1. The Bertz CT molecular complexity index is 812. The van der Waals surface area contributed by atoms with Gasteiger partial charge < -0.3 is 20.1 Å². The average Bonchev–Trinajstić information content (AvgIpc) is 3.02. The van der Waals surface area contributed by atoms with Gasteiger partial charge >= 0.3 is 0 Å². The van der Waals surface area contributed by atoms with Gasteiger partial charge in [-0.05, 0) is 36.5 Å². The molecule has 0 radical (unpaired) electrons. The highest BCUT2D eigenvalue weighted by Crippen LogP contribution is 2.33. The fourth-order valence-electron chi connectivity index (χ4n) is 3.40. The van der Waals surface area contributed by atoms with Gasteiger partial charge in [0.2, 0.25) is 0 Å². The Balaban J connectivity index is 1.55. The third-order valence-corrected chi connectivity index (χ3v) is 5.84. The molecule has 0 unspecified atom stereocenters. The molecule has 2 aromatic rings. The third-order valence-electron chi connectivity index (χ3n) is 4.96. The van der Waals surface area contributed by atoms with Gasteiger partial charge in [0.1, 0.15) is 18.9 Å². The Morgan fingerprint density at radius 1 is 1.27 bits per heavy atom. The molecule has 1 aromatic carbocycles. The molecular weight excluding hydrogens is 350 g/mol. The van der Waals surface area contributed by atoms with E-state index < -0.39 is 0 Å². The van der Waals surface area contributed by atoms with Crippen LogP contribution < -0.4 is 15.2 Å². The van der Waals surface area contributed by atoms with Gasteiger partial charge in [-0.2, -0.15) is 0 Å². The van der Waals surface area contributed by atoms with Crippen LogP contribution in [0.15, 0.2) is 18.2 Å². The number of piperidine rings is 1. The Morgan fingerprint density at radius 2 is 2.00 bits per heavy atom. The highest BCUT2D eigenvalue weighted by molar-refractivity contribution is 7.15. The average molecular weight is 373 g/mol. The number of fused-ring (bicyclic) bond motifs is 1. The number of carbonyl (C=O) groups is 1. The minimum absolute atomic E-state index is 0.00241. The zero-order valence-electron chi connectivity index (χ0n) is 14.9. The Hall–Kier alpha value is -2.28. The summed E-state index contributed by atoms with van der Waals surface area (Å²) in [7, 11) is 0. The van der Waals surface area contributed by atoms with E-state index in [9.17, 15) is 4.79 Å². The fourth-order valence-corrected chi connectivity index (χ4v) is 4.26. The second-order valence-corrected chi connectivity index (χ2v) is 8.07. The number of nitrogens with zero attached hydrogens (tertiary/aromatic N) is 2. The normalized spacial score (nSPS) is 17.3. The summed E-state index contributed by atoms with van der Waals surface area (Å²) < 4.78 is 11.2. The number of amides is 1. The minimum Gasteiger partial charge on any atom is -0.486 e. The SMILES string of the molecule is CC1CCN(C(=O)c2nc(N)sc2Cc2ccc3c(c2)OCCO3)CC1. The van der Waals surface area contributed by atoms with E-state index in [0.717, 1.165) is 47.9 Å². The molecule has 1 amide bonds. The van der Waals surface area contributed by atoms with Crippen molar-refractivity contribution in [1.82, 2.24) is 9.88 Å². The summed E-state index contributed by atoms with van der Waals surface area (Å²) in [5.41, 5.74) is 7.48. The van der Waals surface area contributed by atoms with Gasteiger partial charge in [-0.1, -0.05) is 13.0 Å². The predicted octanol–water partition coefficient (Wildman–Crippen LogP) is 2.96. The largest absolute Gasteiger partial charge is 0.486 e. The molecule has 7 heteroatoms. The number of benzene rings is 1. The Kier molecular flexibility index (Phi) is 4.72. The van der Waals surface area contributed by atoms with Crippen LogP contribution >= 0.6 is 11.3 Å². The van der Waals surface area contributed by atoms with Crippen LogP contribution in [0.4, 0.5) is 5.13 Å². The number of carbonyl (C=O) groups excluding carboxylic acids is 1. The molecule has 1 aromatic heterocycles. The number of thiazole rings is 1. The van der Waals surface area contributed by atoms with Gasteiger partial charge in [-0.25, -0.2) is 4.98 Å². The number of likely N-dealkylation sites (tertiary alicyclic amines) is 1. The van der Waals surface area contributed by atoms with Crippen molar-refractivity contribution >= 4 is 22.4 Å². The quantitative estimate of drug-likeness (QED) is 0.895. The number of nitrogen functional groups attached to an aromatic ring is 1. The molecule has 2 aliphatic heterocycles. The number of aromatic nitrogens is 1. The summed E-state index contributed by atoms with van der Waals surface area (Å²) in [6.07, 6.45) is 2.70. The van der Waals surface area contributed by atoms with Crippen LogP contribution in [0.2, 0.25) is 0 Å². The monoisotopic (exact) mass is 373 g/mol. The number of anilines is 1. The Morgan fingerprint density at radius 3 is 2.77 bits per heavy atom. The summed E-state index contributed by atoms with van der Waals surface area (Å²) >= 11 is 1.39. The van der Waals surface area contributed by atoms with Crippen LogP contribution in [0.3, 0.4) is 0 Å². The number of hydrogen-bond acceptors (Lipinski definition) is 6. The lowest BCUT2D eigenvalue weighted by Crippen LogP contribution is -2.38. The highest BCUT2D eigenvalue weighted by atomic mass is 32.1. The number of hydrogen-bond donors (Lipinski definition) is 1. The molecule has 3 heterocycles. The van der Waals surface area contributed by atoms with E-state index >= 15 is 0 Å². The minimum atomic E-state index is -0.00241. The molecule has 0 atom stereocenters. The van der Waals surface area contributed by atoms with Gasteiger partial charge in [0.15, 0.2) is 16.6 Å². The van der Waals surface area contributed by atoms with Crippen LogP contribution in [0, 0.1) is 5.92 Å². The Labute approximate surface area is 156 Å². The lowest BCUT2D eigenvalue weighted by molar-refractivity contribution is 0.0691. The second-order valence-electron chi connectivity index (χ2n) is 6.95. The molecule has 2 N–H and O–H groups in total. The molecule has 1 saturated heterocycles. The second kappa shape index (κ2) is 7.15. The van der Waals surface area contributed by atoms with Crippen molar-refractivity contribution in [2.24, 2.45) is 5.92 Å². The number of rotatable bonds is 3. The van der Waals surface area contributed by atoms with E-state index in [-0.39, 0.29) is 5.91 Å². The molecule has 26 heavy (non-hydrogen) atoms. The molecule has 0 spiro atoms. The van der Waals surface area contributed by atoms with Crippen molar-refractivity contribution in [2.75, 3.05) is 32.0 Å². The molecule has 1 fully saturated rings. The van der Waals surface area contributed by atoms with Crippen molar-refractivity contribution in [3.05, 3.63) is 34.3 Å². The van der Waals surface area contributed by atoms with Crippen molar-refractivity contribution < 1.29 is 14.3 Å². The summed E-state index contributed by atoms with van der Waals surface area (Å²) in [5.74, 6) is 2.20. The lowest BCUT2D eigenvalue weighted by Gasteiger charge is -2.30. The van der Waals surface area contributed by atoms with Gasteiger partial charge in [-0.15, -0.1) is 11.3 Å². The molecule has 0 saturated carbocycles. The van der Waals surface area contributed by atoms with Crippen molar-refractivity contribution in [3.63, 3.8) is 0 Å². The maximum atomic E-state index is 12.9. The van der Waals surface area contributed by atoms with Crippen LogP contribution in [-0.4, -0.2) is 42.1 Å². The summed E-state index contributed by atoms with van der Waals surface area (Å²) in [5, 5.41) is 0.436. The predicted molar refractivity (Wildman–Crippen MR) is 101 cm³/mol. The first-order chi connectivity index (χ1) is 12.6. The van der Waals surface area contributed by atoms with E-state index in [1.165, 1.54) is 11.3 Å². The van der Waals surface area contributed by atoms with E-state index in [1.54, 1.807) is 0 Å². The number of nitrogens with two attached hydrogens (primary N) is 1. The van der Waals surface area contributed by atoms with Gasteiger partial charge in [-0.3, -0.25) is 4.79 Å². The van der Waals surface area contributed by atoms with E-state index in [0.29, 0.717) is 36.4 Å². The smallest absolute Gasteiger partial charge is 0.273 e. The summed E-state index contributed by atoms with van der Waals surface area (Å²) in [4.78, 5) is 20.1. The topological polar surface area (TPSA) is 77.7 Å². The van der Waals surface area contributed by atoms with Crippen molar-refractivity contribution in [3.8, 4) is 11.5 Å². The first-order valence-electron chi connectivity index (χ1n) is 9.03. The molecular formula is C19H23N3O3S. The van der Waals surface area contributed by atoms with Crippen LogP contribution in [-0.2, 0) is 6.42 Å². The summed E-state index contributed by atoms with van der Waals surface area (Å²) in [6, 6.07) is 5.89. The van der Waals surface area contributed by atoms with Gasteiger partial charge in [0.25, 0.3) is 5.91 Å². The maximum Gasteiger partial charge on any atom is 0.273 e. The fraction of sp³-hybridized carbons (Fsp3) is 0.474. The van der Waals surface area contributed by atoms with E-state index in [2.05, 4.69) is 11.9 Å². The van der Waals surface area contributed by atoms with Crippen LogP contribution in [0.25, 0.3) is 0 Å². The zero-order chi connectivity index (χ0) is 18.1. The van der Waals surface area contributed by atoms with Crippen molar-refractivity contribution in [2.45, 2.75) is 26.2 Å². The third kappa shape index (κ3) is 3.49. The molecule has 6 nitrogen and oxygen atoms in total. The molecule has 4 rings (SSSR count). The number of ether oxygens (including phenoxy) is 2. The van der Waals surface area contributed by atoms with Crippen molar-refractivity contribution in [1.29, 1.82) is 0 Å². The molecule has 0 aliphatic carbocycles. The first-order valence-corrected chi connectivity index (χ1v) is 9.85. The van der Waals surface area contributed by atoms with E-state index in [1.807, 2.05) is 23.1 Å². The maximum absolute atomic E-state index is 12.9. The zero-order valence-corrected chi connectivity index (χ0v) is 15.7. The van der Waals surface area contributed by atoms with Crippen LogP contribution in [0.1, 0.15) is 40.7 Å². The standard InChI is InChI=1S/C19H23N3O3S/c1-12-4-6-22(7-5-12)18(23)17-16(26-19(20)21-17)11-13-2-3-14-15(10-13)25-9-8-24-14/h2-3,10,12H,4-9,11H2,1H3,(H2,20,21). The highest BCUT2D eigenvalue weighted by Gasteiger charge is 2.26. The van der Waals surface area contributed by atoms with Crippen LogP contribution in [0.5, 0.6) is 11.5 Å². The molecule has 0 bridgehead atoms. The summed E-state index contributed by atoms with van der Waals surface area (Å²) in [6.45, 7) is 4.95. The molecule has 138 valence electrons. The molecule has 2 aliphatic rings. The van der Waals surface area contributed by atoms with Gasteiger partial charge in [0, 0.05) is 24.4 Å².